The molecular formula is C17H25N3O6. The Bertz CT molecular complexity index is 646. The van der Waals surface area contributed by atoms with Crippen LogP contribution < -0.4 is 16.0 Å². The van der Waals surface area contributed by atoms with Crippen molar-refractivity contribution < 1.29 is 28.3 Å². The van der Waals surface area contributed by atoms with E-state index in [0.717, 1.165) is 0 Å². The first-order valence-corrected chi connectivity index (χ1v) is 8.12. The zero-order valence-corrected chi connectivity index (χ0v) is 15.5. The largest absolute Gasteiger partial charge is 0.459 e. The van der Waals surface area contributed by atoms with Crippen molar-refractivity contribution in [1.29, 1.82) is 0 Å². The van der Waals surface area contributed by atoms with E-state index in [0.29, 0.717) is 0 Å². The molecule has 1 aromatic rings. The van der Waals surface area contributed by atoms with Gasteiger partial charge in [0.1, 0.15) is 6.04 Å². The van der Waals surface area contributed by atoms with Crippen molar-refractivity contribution in [3.05, 3.63) is 24.2 Å². The smallest absolute Gasteiger partial charge is 0.329 e. The highest BCUT2D eigenvalue weighted by Crippen LogP contribution is 2.07. The number of esters is 1. The molecular weight excluding hydrogens is 342 g/mol. The molecule has 0 bridgehead atoms. The predicted molar refractivity (Wildman–Crippen MR) is 92.2 cm³/mol. The Hall–Kier alpha value is -2.84. The van der Waals surface area contributed by atoms with Crippen LogP contribution in [0.15, 0.2) is 22.8 Å². The van der Waals surface area contributed by atoms with Crippen LogP contribution in [0.4, 0.5) is 4.79 Å². The molecule has 1 heterocycles. The predicted octanol–water partition coefficient (Wildman–Crippen LogP) is 1.20. The molecule has 0 aliphatic carbocycles. The Balaban J connectivity index is 2.53. The number of carbonyl (C=O) groups excluding carboxylic acids is 4. The lowest BCUT2D eigenvalue weighted by Gasteiger charge is -2.21. The van der Waals surface area contributed by atoms with E-state index in [1.807, 2.05) is 0 Å². The third kappa shape index (κ3) is 7.37. The summed E-state index contributed by atoms with van der Waals surface area (Å²) in [5.74, 6) is -2.36. The van der Waals surface area contributed by atoms with Gasteiger partial charge in [-0.3, -0.25) is 14.9 Å². The number of carbonyl (C=O) groups is 4. The molecule has 0 aliphatic heterocycles. The zero-order valence-electron chi connectivity index (χ0n) is 15.5. The molecule has 0 aromatic carbocycles. The van der Waals surface area contributed by atoms with Crippen LogP contribution in [-0.2, 0) is 14.3 Å². The van der Waals surface area contributed by atoms with Gasteiger partial charge in [-0.2, -0.15) is 0 Å². The van der Waals surface area contributed by atoms with Crippen molar-refractivity contribution in [1.82, 2.24) is 16.0 Å². The number of imide groups is 1. The number of hydrogen-bond acceptors (Lipinski definition) is 6. The molecule has 4 amide bonds. The maximum Gasteiger partial charge on any atom is 0.329 e. The number of hydrogen-bond donors (Lipinski definition) is 3. The lowest BCUT2D eigenvalue weighted by atomic mass is 10.0. The van der Waals surface area contributed by atoms with Crippen molar-refractivity contribution in [2.75, 3.05) is 6.61 Å². The van der Waals surface area contributed by atoms with E-state index in [4.69, 9.17) is 9.15 Å². The van der Waals surface area contributed by atoms with Gasteiger partial charge in [0.05, 0.1) is 6.26 Å². The SMILES string of the molecule is CC(C)[C@@H](NC(=O)c1ccco1)C(=O)OCC(=O)NC(=O)NC(C)(C)C. The van der Waals surface area contributed by atoms with Crippen molar-refractivity contribution in [3.8, 4) is 0 Å². The van der Waals surface area contributed by atoms with Crippen LogP contribution in [0.2, 0.25) is 0 Å². The van der Waals surface area contributed by atoms with Gasteiger partial charge in [-0.1, -0.05) is 13.8 Å². The van der Waals surface area contributed by atoms with Gasteiger partial charge in [0.2, 0.25) is 0 Å². The van der Waals surface area contributed by atoms with E-state index in [9.17, 15) is 19.2 Å². The Labute approximate surface area is 151 Å². The molecule has 1 rings (SSSR count). The number of rotatable bonds is 6. The van der Waals surface area contributed by atoms with Crippen molar-refractivity contribution in [3.63, 3.8) is 0 Å². The van der Waals surface area contributed by atoms with Gasteiger partial charge in [0, 0.05) is 5.54 Å². The Morgan fingerprint density at radius 1 is 1.19 bits per heavy atom. The lowest BCUT2D eigenvalue weighted by molar-refractivity contribution is -0.151. The minimum absolute atomic E-state index is 0.0556. The Morgan fingerprint density at radius 3 is 2.35 bits per heavy atom. The summed E-state index contributed by atoms with van der Waals surface area (Å²) in [6.45, 7) is 8.05. The molecule has 0 unspecified atom stereocenters. The topological polar surface area (TPSA) is 127 Å². The van der Waals surface area contributed by atoms with E-state index in [-0.39, 0.29) is 11.7 Å². The first-order chi connectivity index (χ1) is 12.0. The number of furan rings is 1. The van der Waals surface area contributed by atoms with Crippen molar-refractivity contribution in [2.24, 2.45) is 5.92 Å². The number of urea groups is 1. The summed E-state index contributed by atoms with van der Waals surface area (Å²) in [7, 11) is 0. The average Bonchev–Trinajstić information content (AvgIpc) is 3.02. The number of amides is 4. The summed E-state index contributed by atoms with van der Waals surface area (Å²) in [6, 6.07) is 1.35. The number of ether oxygens (including phenoxy) is 1. The Morgan fingerprint density at radius 2 is 1.85 bits per heavy atom. The quantitative estimate of drug-likeness (QED) is 0.649. The van der Waals surface area contributed by atoms with Crippen LogP contribution in [0, 0.1) is 5.92 Å². The molecule has 1 aromatic heterocycles. The van der Waals surface area contributed by atoms with Crippen LogP contribution in [0.5, 0.6) is 0 Å². The standard InChI is InChI=1S/C17H25N3O6/c1-10(2)13(19-14(22)11-7-6-8-25-11)15(23)26-9-12(21)18-16(24)20-17(3,4)5/h6-8,10,13H,9H2,1-5H3,(H,19,22)(H2,18,20,21,24)/t13-/m1/s1. The summed E-state index contributed by atoms with van der Waals surface area (Å²) < 4.78 is 9.86. The van der Waals surface area contributed by atoms with Crippen LogP contribution in [0.25, 0.3) is 0 Å². The minimum atomic E-state index is -0.969. The van der Waals surface area contributed by atoms with Crippen molar-refractivity contribution >= 4 is 23.8 Å². The van der Waals surface area contributed by atoms with Gasteiger partial charge >= 0.3 is 12.0 Å². The molecule has 144 valence electrons. The molecule has 0 saturated carbocycles. The highest BCUT2D eigenvalue weighted by atomic mass is 16.5. The zero-order chi connectivity index (χ0) is 19.9. The Kier molecular flexibility index (Phi) is 7.36. The molecule has 26 heavy (non-hydrogen) atoms. The molecule has 3 N–H and O–H groups in total. The van der Waals surface area contributed by atoms with Crippen LogP contribution in [0.1, 0.15) is 45.2 Å². The molecule has 0 spiro atoms. The van der Waals surface area contributed by atoms with Gasteiger partial charge in [-0.05, 0) is 38.8 Å². The second kappa shape index (κ2) is 9.02. The summed E-state index contributed by atoms with van der Waals surface area (Å²) in [5.41, 5.74) is -0.514. The summed E-state index contributed by atoms with van der Waals surface area (Å²) in [5, 5.41) is 7.09. The van der Waals surface area contributed by atoms with Gasteiger partial charge < -0.3 is 19.8 Å². The lowest BCUT2D eigenvalue weighted by Crippen LogP contribution is -2.50. The van der Waals surface area contributed by atoms with E-state index in [1.54, 1.807) is 40.7 Å². The van der Waals surface area contributed by atoms with E-state index in [1.165, 1.54) is 12.3 Å². The first-order valence-electron chi connectivity index (χ1n) is 8.12. The molecule has 0 radical (unpaired) electrons. The summed E-state index contributed by atoms with van der Waals surface area (Å²) in [6.07, 6.45) is 1.34. The molecule has 1 atom stereocenters. The monoisotopic (exact) mass is 367 g/mol. The summed E-state index contributed by atoms with van der Waals surface area (Å²) >= 11 is 0. The molecule has 0 fully saturated rings. The number of nitrogens with one attached hydrogen (secondary N) is 3. The van der Waals surface area contributed by atoms with Crippen LogP contribution in [0.3, 0.4) is 0 Å². The van der Waals surface area contributed by atoms with Gasteiger partial charge in [-0.25, -0.2) is 9.59 Å². The minimum Gasteiger partial charge on any atom is -0.459 e. The van der Waals surface area contributed by atoms with Crippen LogP contribution in [-0.4, -0.2) is 42.0 Å². The fourth-order valence-electron chi connectivity index (χ4n) is 1.88. The van der Waals surface area contributed by atoms with E-state index < -0.39 is 42.0 Å². The highest BCUT2D eigenvalue weighted by Gasteiger charge is 2.27. The fourth-order valence-corrected chi connectivity index (χ4v) is 1.88. The molecule has 9 nitrogen and oxygen atoms in total. The van der Waals surface area contributed by atoms with Gasteiger partial charge in [0.15, 0.2) is 12.4 Å². The van der Waals surface area contributed by atoms with Crippen molar-refractivity contribution in [2.45, 2.75) is 46.2 Å². The second-order valence-electron chi connectivity index (χ2n) is 7.03. The first kappa shape index (κ1) is 21.2. The maximum atomic E-state index is 12.2. The summed E-state index contributed by atoms with van der Waals surface area (Å²) in [4.78, 5) is 47.4. The van der Waals surface area contributed by atoms with E-state index in [2.05, 4.69) is 16.0 Å². The molecule has 0 saturated heterocycles. The molecule has 0 aliphatic rings. The van der Waals surface area contributed by atoms with Gasteiger partial charge in [0.25, 0.3) is 11.8 Å². The maximum absolute atomic E-state index is 12.2. The van der Waals surface area contributed by atoms with Crippen LogP contribution >= 0.6 is 0 Å². The fraction of sp³-hybridized carbons (Fsp3) is 0.529. The van der Waals surface area contributed by atoms with Gasteiger partial charge in [-0.15, -0.1) is 0 Å². The molecule has 9 heteroatoms. The average molecular weight is 367 g/mol. The normalized spacial score (nSPS) is 12.2. The second-order valence-corrected chi connectivity index (χ2v) is 7.03. The van der Waals surface area contributed by atoms with E-state index >= 15 is 0 Å². The third-order valence-electron chi connectivity index (χ3n) is 3.04. The highest BCUT2D eigenvalue weighted by molar-refractivity contribution is 5.97. The third-order valence-corrected chi connectivity index (χ3v) is 3.04.